The maximum absolute atomic E-state index is 11.9. The Bertz CT molecular complexity index is 889. The van der Waals surface area contributed by atoms with Crippen LogP contribution in [0.5, 0.6) is 11.5 Å². The molecule has 0 amide bonds. The Morgan fingerprint density at radius 2 is 1.78 bits per heavy atom. The van der Waals surface area contributed by atoms with Crippen molar-refractivity contribution in [2.75, 3.05) is 14.2 Å². The maximum Gasteiger partial charge on any atom is 0.338 e. The van der Waals surface area contributed by atoms with Gasteiger partial charge < -0.3 is 14.6 Å². The molecule has 0 atom stereocenters. The summed E-state index contributed by atoms with van der Waals surface area (Å²) in [6.45, 7) is 0. The van der Waals surface area contributed by atoms with Crippen LogP contribution < -0.4 is 4.74 Å². The molecule has 3 aromatic rings. The van der Waals surface area contributed by atoms with E-state index in [-0.39, 0.29) is 5.75 Å². The second kappa shape index (κ2) is 5.96. The lowest BCUT2D eigenvalue weighted by atomic mass is 10.0. The number of aromatic nitrogens is 1. The van der Waals surface area contributed by atoms with Crippen LogP contribution in [0, 0.1) is 0 Å². The van der Waals surface area contributed by atoms with Gasteiger partial charge in [0.2, 0.25) is 0 Å². The van der Waals surface area contributed by atoms with Gasteiger partial charge in [-0.1, -0.05) is 12.1 Å². The lowest BCUT2D eigenvalue weighted by Gasteiger charge is -2.09. The quantitative estimate of drug-likeness (QED) is 0.751. The van der Waals surface area contributed by atoms with E-state index >= 15 is 0 Å². The van der Waals surface area contributed by atoms with Gasteiger partial charge in [-0.2, -0.15) is 0 Å². The summed E-state index contributed by atoms with van der Waals surface area (Å²) in [6.07, 6.45) is 1.58. The van der Waals surface area contributed by atoms with E-state index in [1.54, 1.807) is 24.4 Å². The van der Waals surface area contributed by atoms with E-state index in [4.69, 9.17) is 9.47 Å². The van der Waals surface area contributed by atoms with Gasteiger partial charge in [-0.25, -0.2) is 4.79 Å². The predicted octanol–water partition coefficient (Wildman–Crippen LogP) is 3.40. The number of methoxy groups -OCH3 is 2. The van der Waals surface area contributed by atoms with E-state index in [1.165, 1.54) is 14.2 Å². The zero-order valence-corrected chi connectivity index (χ0v) is 12.7. The average molecular weight is 309 g/mol. The first-order valence-electron chi connectivity index (χ1n) is 6.98. The molecule has 1 N–H and O–H groups in total. The van der Waals surface area contributed by atoms with Crippen LogP contribution in [0.1, 0.15) is 10.4 Å². The Hall–Kier alpha value is -3.08. The van der Waals surface area contributed by atoms with Crippen molar-refractivity contribution >= 4 is 16.9 Å². The first-order chi connectivity index (χ1) is 11.1. The number of phenols is 1. The molecule has 116 valence electrons. The zero-order valence-electron chi connectivity index (χ0n) is 12.7. The van der Waals surface area contributed by atoms with Crippen molar-refractivity contribution in [1.29, 1.82) is 0 Å². The van der Waals surface area contributed by atoms with Gasteiger partial charge in [0, 0.05) is 11.6 Å². The Morgan fingerprint density at radius 3 is 2.48 bits per heavy atom. The minimum Gasteiger partial charge on any atom is -0.504 e. The molecule has 3 rings (SSSR count). The molecule has 0 aliphatic heterocycles. The van der Waals surface area contributed by atoms with Crippen LogP contribution >= 0.6 is 0 Å². The minimum atomic E-state index is -0.410. The van der Waals surface area contributed by atoms with Crippen LogP contribution in [0.15, 0.2) is 48.7 Å². The highest BCUT2D eigenvalue weighted by Gasteiger charge is 2.12. The van der Waals surface area contributed by atoms with Crippen molar-refractivity contribution in [3.63, 3.8) is 0 Å². The molecule has 1 heterocycles. The number of rotatable bonds is 3. The standard InChI is InChI=1S/C18H15NO4/c1-22-17-6-4-12(10-16(17)20)11-3-5-15-14(9-11)13(7-8-19-15)18(21)23-2/h3-10,20H,1-2H3. The molecular weight excluding hydrogens is 294 g/mol. The number of hydrogen-bond acceptors (Lipinski definition) is 5. The van der Waals surface area contributed by atoms with Crippen molar-refractivity contribution in [1.82, 2.24) is 4.98 Å². The third-order valence-corrected chi connectivity index (χ3v) is 3.66. The maximum atomic E-state index is 11.9. The molecule has 2 aromatic carbocycles. The third-order valence-electron chi connectivity index (χ3n) is 3.66. The number of carbonyl (C=O) groups excluding carboxylic acids is 1. The normalized spacial score (nSPS) is 10.5. The number of benzene rings is 2. The van der Waals surface area contributed by atoms with Gasteiger partial charge in [-0.05, 0) is 41.5 Å². The Labute approximate surface area is 133 Å². The van der Waals surface area contributed by atoms with E-state index in [0.29, 0.717) is 22.2 Å². The molecule has 0 aliphatic rings. The number of ether oxygens (including phenoxy) is 2. The van der Waals surface area contributed by atoms with Crippen LogP contribution in [0.4, 0.5) is 0 Å². The van der Waals surface area contributed by atoms with E-state index in [0.717, 1.165) is 11.1 Å². The Morgan fingerprint density at radius 1 is 1.04 bits per heavy atom. The number of esters is 1. The van der Waals surface area contributed by atoms with Crippen LogP contribution in [0.25, 0.3) is 22.0 Å². The molecule has 5 heteroatoms. The lowest BCUT2D eigenvalue weighted by Crippen LogP contribution is -2.02. The van der Waals surface area contributed by atoms with Gasteiger partial charge in [0.25, 0.3) is 0 Å². The number of fused-ring (bicyclic) bond motifs is 1. The van der Waals surface area contributed by atoms with Gasteiger partial charge in [0.05, 0.1) is 25.3 Å². The molecule has 0 fully saturated rings. The zero-order chi connectivity index (χ0) is 16.4. The number of phenolic OH excluding ortho intramolecular Hbond substituents is 1. The molecule has 23 heavy (non-hydrogen) atoms. The van der Waals surface area contributed by atoms with Crippen molar-refractivity contribution in [2.45, 2.75) is 0 Å². The summed E-state index contributed by atoms with van der Waals surface area (Å²) < 4.78 is 9.87. The largest absolute Gasteiger partial charge is 0.504 e. The lowest BCUT2D eigenvalue weighted by molar-refractivity contribution is 0.0603. The average Bonchev–Trinajstić information content (AvgIpc) is 2.60. The molecular formula is C18H15NO4. The van der Waals surface area contributed by atoms with Gasteiger partial charge in [0.1, 0.15) is 0 Å². The van der Waals surface area contributed by atoms with Gasteiger partial charge >= 0.3 is 5.97 Å². The van der Waals surface area contributed by atoms with Crippen LogP contribution in [-0.2, 0) is 4.74 Å². The summed E-state index contributed by atoms with van der Waals surface area (Å²) in [5.74, 6) is 0.0584. The highest BCUT2D eigenvalue weighted by molar-refractivity contribution is 6.04. The monoisotopic (exact) mass is 309 g/mol. The number of hydrogen-bond donors (Lipinski definition) is 1. The summed E-state index contributed by atoms with van der Waals surface area (Å²) in [6, 6.07) is 12.4. The number of nitrogens with zero attached hydrogens (tertiary/aromatic N) is 1. The fraction of sp³-hybridized carbons (Fsp3) is 0.111. The molecule has 1 aromatic heterocycles. The number of carbonyl (C=O) groups is 1. The molecule has 5 nitrogen and oxygen atoms in total. The first kappa shape index (κ1) is 14.8. The Balaban J connectivity index is 2.16. The molecule has 0 unspecified atom stereocenters. The summed E-state index contributed by atoms with van der Waals surface area (Å²) in [5, 5.41) is 10.6. The molecule has 0 saturated carbocycles. The van der Waals surface area contributed by atoms with Crippen LogP contribution in [0.3, 0.4) is 0 Å². The van der Waals surface area contributed by atoms with Crippen molar-refractivity contribution < 1.29 is 19.4 Å². The molecule has 0 radical (unpaired) electrons. The van der Waals surface area contributed by atoms with Crippen LogP contribution in [-0.4, -0.2) is 30.3 Å². The third kappa shape index (κ3) is 2.68. The van der Waals surface area contributed by atoms with Crippen molar-refractivity contribution in [3.05, 3.63) is 54.2 Å². The van der Waals surface area contributed by atoms with E-state index in [9.17, 15) is 9.90 Å². The van der Waals surface area contributed by atoms with Gasteiger partial charge in [0.15, 0.2) is 11.5 Å². The number of pyridine rings is 1. The fourth-order valence-electron chi connectivity index (χ4n) is 2.48. The predicted molar refractivity (Wildman–Crippen MR) is 86.7 cm³/mol. The van der Waals surface area contributed by atoms with Crippen molar-refractivity contribution in [3.8, 4) is 22.6 Å². The summed E-state index contributed by atoms with van der Waals surface area (Å²) in [5.41, 5.74) is 2.82. The van der Waals surface area contributed by atoms with Gasteiger partial charge in [-0.15, -0.1) is 0 Å². The summed E-state index contributed by atoms with van der Waals surface area (Å²) >= 11 is 0. The molecule has 0 saturated heterocycles. The minimum absolute atomic E-state index is 0.0597. The summed E-state index contributed by atoms with van der Waals surface area (Å²) in [7, 11) is 2.85. The highest BCUT2D eigenvalue weighted by atomic mass is 16.5. The smallest absolute Gasteiger partial charge is 0.338 e. The van der Waals surface area contributed by atoms with Crippen molar-refractivity contribution in [2.24, 2.45) is 0 Å². The topological polar surface area (TPSA) is 68.7 Å². The Kier molecular flexibility index (Phi) is 3.85. The second-order valence-corrected chi connectivity index (χ2v) is 4.97. The first-order valence-corrected chi connectivity index (χ1v) is 6.98. The molecule has 0 aliphatic carbocycles. The van der Waals surface area contributed by atoms with E-state index in [2.05, 4.69) is 4.98 Å². The second-order valence-electron chi connectivity index (χ2n) is 4.97. The molecule has 0 bridgehead atoms. The SMILES string of the molecule is COC(=O)c1ccnc2ccc(-c3ccc(OC)c(O)c3)cc12. The van der Waals surface area contributed by atoms with Gasteiger partial charge in [-0.3, -0.25) is 4.98 Å². The number of aromatic hydroxyl groups is 1. The van der Waals surface area contributed by atoms with Crippen LogP contribution in [0.2, 0.25) is 0 Å². The highest BCUT2D eigenvalue weighted by Crippen LogP contribution is 2.32. The van der Waals surface area contributed by atoms with E-state index in [1.807, 2.05) is 24.3 Å². The van der Waals surface area contributed by atoms with E-state index < -0.39 is 5.97 Å². The summed E-state index contributed by atoms with van der Waals surface area (Å²) in [4.78, 5) is 16.2. The fourth-order valence-corrected chi connectivity index (χ4v) is 2.48. The molecule has 0 spiro atoms.